The van der Waals surface area contributed by atoms with E-state index in [0.717, 1.165) is 44.9 Å². The third kappa shape index (κ3) is 15.5. The molecular formula is C17H34O3. The molecule has 0 amide bonds. The molecule has 1 atom stereocenters. The molecule has 0 rings (SSSR count). The molecule has 0 heterocycles. The van der Waals surface area contributed by atoms with Gasteiger partial charge in [-0.05, 0) is 19.3 Å². The fourth-order valence-electron chi connectivity index (χ4n) is 2.49. The van der Waals surface area contributed by atoms with Crippen molar-refractivity contribution in [1.29, 1.82) is 0 Å². The van der Waals surface area contributed by atoms with Crippen LogP contribution in [-0.2, 0) is 4.79 Å². The van der Waals surface area contributed by atoms with Gasteiger partial charge in [-0.25, -0.2) is 0 Å². The zero-order chi connectivity index (χ0) is 15.1. The first-order chi connectivity index (χ1) is 9.66. The first-order valence-electron chi connectivity index (χ1n) is 8.56. The van der Waals surface area contributed by atoms with Gasteiger partial charge in [0.2, 0.25) is 0 Å². The third-order valence-corrected chi connectivity index (χ3v) is 3.82. The Balaban J connectivity index is 3.16. The number of rotatable bonds is 15. The number of aliphatic hydroxyl groups excluding tert-OH is 1. The molecule has 0 unspecified atom stereocenters. The van der Waals surface area contributed by atoms with Crippen molar-refractivity contribution in [3.05, 3.63) is 0 Å². The summed E-state index contributed by atoms with van der Waals surface area (Å²) in [5.41, 5.74) is 0. The third-order valence-electron chi connectivity index (χ3n) is 3.82. The van der Waals surface area contributed by atoms with E-state index < -0.39 is 5.97 Å². The highest BCUT2D eigenvalue weighted by Gasteiger charge is 2.04. The number of hydrogen-bond acceptors (Lipinski definition) is 2. The Morgan fingerprint density at radius 2 is 1.25 bits per heavy atom. The lowest BCUT2D eigenvalue weighted by Crippen LogP contribution is -2.06. The maximum Gasteiger partial charge on any atom is 0.303 e. The zero-order valence-corrected chi connectivity index (χ0v) is 13.3. The Morgan fingerprint density at radius 3 is 1.75 bits per heavy atom. The number of aliphatic hydroxyl groups is 1. The molecule has 120 valence electrons. The molecule has 3 nitrogen and oxygen atoms in total. The van der Waals surface area contributed by atoms with Gasteiger partial charge < -0.3 is 10.2 Å². The van der Waals surface area contributed by atoms with Crippen molar-refractivity contribution in [2.75, 3.05) is 0 Å². The predicted molar refractivity (Wildman–Crippen MR) is 84.0 cm³/mol. The monoisotopic (exact) mass is 286 g/mol. The number of carboxylic acids is 1. The number of unbranched alkanes of at least 4 members (excludes halogenated alkanes) is 9. The van der Waals surface area contributed by atoms with Crippen LogP contribution in [0.5, 0.6) is 0 Å². The van der Waals surface area contributed by atoms with Crippen LogP contribution in [0.15, 0.2) is 0 Å². The highest BCUT2D eigenvalue weighted by atomic mass is 16.4. The lowest BCUT2D eigenvalue weighted by Gasteiger charge is -2.10. The van der Waals surface area contributed by atoms with Gasteiger partial charge in [-0.2, -0.15) is 0 Å². The molecule has 0 aliphatic rings. The molecule has 3 heteroatoms. The molecule has 0 spiro atoms. The minimum absolute atomic E-state index is 0.148. The Labute approximate surface area is 124 Å². The van der Waals surface area contributed by atoms with Gasteiger partial charge in [0.1, 0.15) is 0 Å². The van der Waals surface area contributed by atoms with Crippen molar-refractivity contribution < 1.29 is 15.0 Å². The summed E-state index contributed by atoms with van der Waals surface area (Å²) in [6.45, 7) is 2.23. The van der Waals surface area contributed by atoms with Crippen molar-refractivity contribution in [1.82, 2.24) is 0 Å². The average Bonchev–Trinajstić information content (AvgIpc) is 2.41. The van der Waals surface area contributed by atoms with Gasteiger partial charge >= 0.3 is 5.97 Å². The van der Waals surface area contributed by atoms with Crippen LogP contribution in [0.2, 0.25) is 0 Å². The fourth-order valence-corrected chi connectivity index (χ4v) is 2.49. The Kier molecular flexibility index (Phi) is 14.4. The van der Waals surface area contributed by atoms with Crippen molar-refractivity contribution >= 4 is 5.97 Å². The second kappa shape index (κ2) is 14.8. The van der Waals surface area contributed by atoms with E-state index in [-0.39, 0.29) is 12.5 Å². The summed E-state index contributed by atoms with van der Waals surface area (Å²) in [5.74, 6) is -0.705. The summed E-state index contributed by atoms with van der Waals surface area (Å²) in [4.78, 5) is 10.3. The van der Waals surface area contributed by atoms with Gasteiger partial charge in [0.25, 0.3) is 0 Å². The smallest absolute Gasteiger partial charge is 0.303 e. The molecule has 0 aromatic carbocycles. The summed E-state index contributed by atoms with van der Waals surface area (Å²) in [7, 11) is 0. The van der Waals surface area contributed by atoms with Gasteiger partial charge in [0.05, 0.1) is 6.10 Å². The normalized spacial score (nSPS) is 12.5. The summed E-state index contributed by atoms with van der Waals surface area (Å²) >= 11 is 0. The molecule has 0 aromatic heterocycles. The number of carboxylic acid groups (broad SMARTS) is 1. The first-order valence-corrected chi connectivity index (χ1v) is 8.56. The fraction of sp³-hybridized carbons (Fsp3) is 0.941. The van der Waals surface area contributed by atoms with Crippen LogP contribution in [0, 0.1) is 0 Å². The number of hydrogen-bond donors (Lipinski definition) is 2. The summed E-state index contributed by atoms with van der Waals surface area (Å²) in [6.07, 6.45) is 14.8. The van der Waals surface area contributed by atoms with Crippen LogP contribution in [0.1, 0.15) is 96.8 Å². The highest BCUT2D eigenvalue weighted by Crippen LogP contribution is 2.13. The van der Waals surface area contributed by atoms with Crippen LogP contribution >= 0.6 is 0 Å². The largest absolute Gasteiger partial charge is 0.481 e. The second-order valence-corrected chi connectivity index (χ2v) is 5.91. The maximum absolute atomic E-state index is 10.3. The standard InChI is InChI=1S/C17H34O3/c1-2-3-4-5-6-7-10-13-16(18)14-11-8-9-12-15-17(19)20/h16,18H,2-15H2,1H3,(H,19,20)/t16-/m0/s1. The van der Waals surface area contributed by atoms with E-state index in [0.29, 0.717) is 0 Å². The van der Waals surface area contributed by atoms with Crippen LogP contribution in [0.4, 0.5) is 0 Å². The molecular weight excluding hydrogens is 252 g/mol. The topological polar surface area (TPSA) is 57.5 Å². The van der Waals surface area contributed by atoms with E-state index in [9.17, 15) is 9.90 Å². The SMILES string of the molecule is CCCCCCCCC[C@H](O)CCCCCCC(=O)O. The molecule has 0 bridgehead atoms. The Hall–Kier alpha value is -0.570. The van der Waals surface area contributed by atoms with E-state index in [4.69, 9.17) is 5.11 Å². The average molecular weight is 286 g/mol. The van der Waals surface area contributed by atoms with E-state index >= 15 is 0 Å². The van der Waals surface area contributed by atoms with Crippen LogP contribution < -0.4 is 0 Å². The maximum atomic E-state index is 10.3. The van der Waals surface area contributed by atoms with E-state index in [2.05, 4.69) is 6.92 Å². The molecule has 0 fully saturated rings. The summed E-state index contributed by atoms with van der Waals surface area (Å²) in [5, 5.41) is 18.3. The predicted octanol–water partition coefficient (Wildman–Crippen LogP) is 4.91. The molecule has 0 aliphatic heterocycles. The minimum atomic E-state index is -0.705. The van der Waals surface area contributed by atoms with Gasteiger partial charge in [-0.1, -0.05) is 71.1 Å². The molecule has 0 saturated carbocycles. The summed E-state index contributed by atoms with van der Waals surface area (Å²) in [6, 6.07) is 0. The van der Waals surface area contributed by atoms with Gasteiger partial charge in [0, 0.05) is 6.42 Å². The van der Waals surface area contributed by atoms with Gasteiger partial charge in [-0.3, -0.25) is 4.79 Å². The molecule has 0 saturated heterocycles. The quantitative estimate of drug-likeness (QED) is 0.420. The van der Waals surface area contributed by atoms with Gasteiger partial charge in [0.15, 0.2) is 0 Å². The van der Waals surface area contributed by atoms with E-state index in [1.165, 1.54) is 38.5 Å². The van der Waals surface area contributed by atoms with Crippen LogP contribution in [0.3, 0.4) is 0 Å². The Morgan fingerprint density at radius 1 is 0.800 bits per heavy atom. The number of aliphatic carboxylic acids is 1. The van der Waals surface area contributed by atoms with Gasteiger partial charge in [-0.15, -0.1) is 0 Å². The van der Waals surface area contributed by atoms with E-state index in [1.807, 2.05) is 0 Å². The highest BCUT2D eigenvalue weighted by molar-refractivity contribution is 5.66. The van der Waals surface area contributed by atoms with Crippen molar-refractivity contribution in [3.63, 3.8) is 0 Å². The first kappa shape index (κ1) is 19.4. The molecule has 0 radical (unpaired) electrons. The lowest BCUT2D eigenvalue weighted by molar-refractivity contribution is -0.137. The van der Waals surface area contributed by atoms with Crippen molar-refractivity contribution in [3.8, 4) is 0 Å². The molecule has 0 aliphatic carbocycles. The molecule has 0 aromatic rings. The second-order valence-electron chi connectivity index (χ2n) is 5.91. The van der Waals surface area contributed by atoms with Crippen LogP contribution in [-0.4, -0.2) is 22.3 Å². The van der Waals surface area contributed by atoms with Crippen LogP contribution in [0.25, 0.3) is 0 Å². The zero-order valence-electron chi connectivity index (χ0n) is 13.3. The molecule has 2 N–H and O–H groups in total. The minimum Gasteiger partial charge on any atom is -0.481 e. The molecule has 20 heavy (non-hydrogen) atoms. The summed E-state index contributed by atoms with van der Waals surface area (Å²) < 4.78 is 0. The lowest BCUT2D eigenvalue weighted by atomic mass is 10.0. The van der Waals surface area contributed by atoms with Crippen molar-refractivity contribution in [2.24, 2.45) is 0 Å². The van der Waals surface area contributed by atoms with E-state index in [1.54, 1.807) is 0 Å². The number of carbonyl (C=O) groups is 1. The Bertz CT molecular complexity index is 216. The van der Waals surface area contributed by atoms with Crippen molar-refractivity contribution in [2.45, 2.75) is 103 Å².